The van der Waals surface area contributed by atoms with E-state index in [4.69, 9.17) is 0 Å². The van der Waals surface area contributed by atoms with Crippen molar-refractivity contribution in [2.75, 3.05) is 0 Å². The smallest absolute Gasteiger partial charge is 0.0339 e. The normalized spacial score (nSPS) is 10.8. The minimum atomic E-state index is 0.304. The maximum atomic E-state index is 2.27. The maximum Gasteiger partial charge on any atom is 0.0339 e. The molecule has 0 unspecified atom stereocenters. The van der Waals surface area contributed by atoms with Crippen molar-refractivity contribution >= 4 is 0 Å². The fraction of sp³-hybridized carbons (Fsp3) is 0.143. The highest BCUT2D eigenvalue weighted by Crippen LogP contribution is 2.31. The molecule has 0 aliphatic rings. The zero-order valence-corrected chi connectivity index (χ0v) is 12.4. The predicted octanol–water partition coefficient (Wildman–Crippen LogP) is 5.43. The Kier molecular flexibility index (Phi) is 4.16. The van der Waals surface area contributed by atoms with E-state index in [2.05, 4.69) is 91.9 Å². The first kappa shape index (κ1) is 13.6. The van der Waals surface area contributed by atoms with Crippen LogP contribution in [0.25, 0.3) is 0 Å². The highest BCUT2D eigenvalue weighted by Gasteiger charge is 2.15. The maximum absolute atomic E-state index is 2.27. The molecule has 0 amide bonds. The third-order valence-corrected chi connectivity index (χ3v) is 3.99. The standard InChI is InChI=1S/C21H20/c1-2-17-13-15-20(16-14-17)21(18-9-5-3-6-10-18)19-11-7-4-8-12-19/h3-16,21H,2H2,1H3. The van der Waals surface area contributed by atoms with Gasteiger partial charge in [0.25, 0.3) is 0 Å². The number of benzene rings is 3. The molecule has 0 saturated heterocycles. The van der Waals surface area contributed by atoms with Gasteiger partial charge in [0.05, 0.1) is 0 Å². The molecule has 104 valence electrons. The average molecular weight is 272 g/mol. The zero-order chi connectivity index (χ0) is 14.5. The fourth-order valence-electron chi connectivity index (χ4n) is 2.81. The molecule has 0 N–H and O–H groups in total. The summed E-state index contributed by atoms with van der Waals surface area (Å²) in [6.07, 6.45) is 1.08. The number of hydrogen-bond donors (Lipinski definition) is 0. The second kappa shape index (κ2) is 6.41. The second-order valence-corrected chi connectivity index (χ2v) is 5.35. The van der Waals surface area contributed by atoms with E-state index in [1.54, 1.807) is 0 Å². The molecule has 0 fully saturated rings. The van der Waals surface area contributed by atoms with Gasteiger partial charge in [-0.2, -0.15) is 0 Å². The van der Waals surface area contributed by atoms with Gasteiger partial charge in [-0.05, 0) is 28.7 Å². The largest absolute Gasteiger partial charge is 0.0622 e. The molecule has 0 spiro atoms. The van der Waals surface area contributed by atoms with E-state index in [1.807, 2.05) is 0 Å². The van der Waals surface area contributed by atoms with E-state index in [0.29, 0.717) is 5.92 Å². The van der Waals surface area contributed by atoms with Crippen molar-refractivity contribution in [2.45, 2.75) is 19.3 Å². The molecule has 0 heterocycles. The molecule has 0 nitrogen and oxygen atoms in total. The summed E-state index contributed by atoms with van der Waals surface area (Å²) in [6, 6.07) is 30.5. The van der Waals surface area contributed by atoms with Crippen molar-refractivity contribution in [3.8, 4) is 0 Å². The Morgan fingerprint density at radius 3 is 1.43 bits per heavy atom. The van der Waals surface area contributed by atoms with Crippen LogP contribution < -0.4 is 0 Å². The van der Waals surface area contributed by atoms with Crippen molar-refractivity contribution < 1.29 is 0 Å². The van der Waals surface area contributed by atoms with Gasteiger partial charge in [0, 0.05) is 5.92 Å². The van der Waals surface area contributed by atoms with Crippen LogP contribution in [-0.2, 0) is 6.42 Å². The van der Waals surface area contributed by atoms with Crippen LogP contribution in [0.5, 0.6) is 0 Å². The summed E-state index contributed by atoms with van der Waals surface area (Å²) >= 11 is 0. The Morgan fingerprint density at radius 1 is 0.571 bits per heavy atom. The molecule has 0 radical (unpaired) electrons. The lowest BCUT2D eigenvalue weighted by molar-refractivity contribution is 0.973. The molecule has 0 aromatic heterocycles. The van der Waals surface area contributed by atoms with Crippen molar-refractivity contribution in [3.63, 3.8) is 0 Å². The summed E-state index contributed by atoms with van der Waals surface area (Å²) in [5, 5.41) is 0. The van der Waals surface area contributed by atoms with Crippen LogP contribution >= 0.6 is 0 Å². The lowest BCUT2D eigenvalue weighted by Gasteiger charge is -2.19. The van der Waals surface area contributed by atoms with E-state index in [-0.39, 0.29) is 0 Å². The van der Waals surface area contributed by atoms with E-state index < -0.39 is 0 Å². The monoisotopic (exact) mass is 272 g/mol. The summed E-state index contributed by atoms with van der Waals surface area (Å²) in [6.45, 7) is 2.20. The van der Waals surface area contributed by atoms with Gasteiger partial charge >= 0.3 is 0 Å². The first-order chi connectivity index (χ1) is 10.4. The molecule has 0 aliphatic heterocycles. The summed E-state index contributed by atoms with van der Waals surface area (Å²) in [4.78, 5) is 0. The minimum absolute atomic E-state index is 0.304. The van der Waals surface area contributed by atoms with E-state index >= 15 is 0 Å². The molecule has 3 rings (SSSR count). The third kappa shape index (κ3) is 3.05. The molecule has 0 saturated carbocycles. The average Bonchev–Trinajstić information content (AvgIpc) is 2.58. The Hall–Kier alpha value is -2.34. The second-order valence-electron chi connectivity index (χ2n) is 5.35. The first-order valence-electron chi connectivity index (χ1n) is 7.57. The van der Waals surface area contributed by atoms with Crippen molar-refractivity contribution in [1.82, 2.24) is 0 Å². The van der Waals surface area contributed by atoms with Gasteiger partial charge < -0.3 is 0 Å². The molecular formula is C21H20. The van der Waals surface area contributed by atoms with Crippen LogP contribution in [0.4, 0.5) is 0 Å². The van der Waals surface area contributed by atoms with Gasteiger partial charge in [-0.1, -0.05) is 91.9 Å². The van der Waals surface area contributed by atoms with Crippen molar-refractivity contribution in [2.24, 2.45) is 0 Å². The van der Waals surface area contributed by atoms with Gasteiger partial charge in [-0.25, -0.2) is 0 Å². The highest BCUT2D eigenvalue weighted by molar-refractivity contribution is 5.43. The Balaban J connectivity index is 2.07. The summed E-state index contributed by atoms with van der Waals surface area (Å²) in [5.74, 6) is 0.304. The minimum Gasteiger partial charge on any atom is -0.0622 e. The third-order valence-electron chi connectivity index (χ3n) is 3.99. The fourth-order valence-corrected chi connectivity index (χ4v) is 2.81. The SMILES string of the molecule is CCc1ccc(C(c2ccccc2)c2ccccc2)cc1. The van der Waals surface area contributed by atoms with Crippen LogP contribution in [0, 0.1) is 0 Å². The number of aryl methyl sites for hydroxylation is 1. The van der Waals surface area contributed by atoms with Gasteiger partial charge in [0.15, 0.2) is 0 Å². The lowest BCUT2D eigenvalue weighted by Crippen LogP contribution is -2.03. The predicted molar refractivity (Wildman–Crippen MR) is 89.6 cm³/mol. The van der Waals surface area contributed by atoms with Crippen LogP contribution in [0.3, 0.4) is 0 Å². The summed E-state index contributed by atoms with van der Waals surface area (Å²) in [7, 11) is 0. The Labute approximate surface area is 127 Å². The topological polar surface area (TPSA) is 0 Å². The molecule has 3 aromatic rings. The molecular weight excluding hydrogens is 252 g/mol. The molecule has 0 aliphatic carbocycles. The van der Waals surface area contributed by atoms with Crippen LogP contribution in [0.1, 0.15) is 35.1 Å². The molecule has 0 bridgehead atoms. The quantitative estimate of drug-likeness (QED) is 0.556. The van der Waals surface area contributed by atoms with Gasteiger partial charge in [-0.3, -0.25) is 0 Å². The van der Waals surface area contributed by atoms with Gasteiger partial charge in [0.2, 0.25) is 0 Å². The van der Waals surface area contributed by atoms with Crippen LogP contribution in [0.15, 0.2) is 84.9 Å². The number of rotatable bonds is 4. The summed E-state index contributed by atoms with van der Waals surface area (Å²) in [5.41, 5.74) is 5.42. The number of hydrogen-bond acceptors (Lipinski definition) is 0. The van der Waals surface area contributed by atoms with E-state index in [1.165, 1.54) is 22.3 Å². The van der Waals surface area contributed by atoms with Crippen LogP contribution in [0.2, 0.25) is 0 Å². The van der Waals surface area contributed by atoms with Gasteiger partial charge in [-0.15, -0.1) is 0 Å². The molecule has 0 atom stereocenters. The Bertz CT molecular complexity index is 627. The van der Waals surface area contributed by atoms with E-state index in [9.17, 15) is 0 Å². The molecule has 3 aromatic carbocycles. The zero-order valence-electron chi connectivity index (χ0n) is 12.4. The molecule has 21 heavy (non-hydrogen) atoms. The van der Waals surface area contributed by atoms with Crippen molar-refractivity contribution in [1.29, 1.82) is 0 Å². The van der Waals surface area contributed by atoms with E-state index in [0.717, 1.165) is 6.42 Å². The molecule has 0 heteroatoms. The van der Waals surface area contributed by atoms with Crippen LogP contribution in [-0.4, -0.2) is 0 Å². The van der Waals surface area contributed by atoms with Crippen molar-refractivity contribution in [3.05, 3.63) is 107 Å². The highest BCUT2D eigenvalue weighted by atomic mass is 14.2. The first-order valence-corrected chi connectivity index (χ1v) is 7.57. The summed E-state index contributed by atoms with van der Waals surface area (Å²) < 4.78 is 0. The van der Waals surface area contributed by atoms with Gasteiger partial charge in [0.1, 0.15) is 0 Å². The Morgan fingerprint density at radius 2 is 1.00 bits per heavy atom. The lowest BCUT2D eigenvalue weighted by atomic mass is 9.85.